The lowest BCUT2D eigenvalue weighted by molar-refractivity contribution is -0.127. The molecule has 0 aliphatic carbocycles. The summed E-state index contributed by atoms with van der Waals surface area (Å²) < 4.78 is 26.7. The predicted molar refractivity (Wildman–Crippen MR) is 48.3 cm³/mol. The summed E-state index contributed by atoms with van der Waals surface area (Å²) in [6, 6.07) is 3.69. The zero-order chi connectivity index (χ0) is 10.5. The van der Waals surface area contributed by atoms with Crippen LogP contribution in [0.3, 0.4) is 0 Å². The molecule has 4 heteroatoms. The minimum absolute atomic E-state index is 0.102. The summed E-state index contributed by atoms with van der Waals surface area (Å²) in [4.78, 5) is 12.6. The standard InChI is InChI=1S/C10H9F2NO/c1-10(12)7-5-6(11)3-4-8(7)13(2)9(10)14/h3-5H,1-2H3. The summed E-state index contributed by atoms with van der Waals surface area (Å²) in [5, 5.41) is 0. The minimum atomic E-state index is -2.10. The van der Waals surface area contributed by atoms with E-state index in [2.05, 4.69) is 0 Å². The number of halogens is 2. The van der Waals surface area contributed by atoms with Gasteiger partial charge in [-0.1, -0.05) is 0 Å². The molecular formula is C10H9F2NO. The van der Waals surface area contributed by atoms with Crippen LogP contribution in [-0.4, -0.2) is 13.0 Å². The first-order valence-corrected chi connectivity index (χ1v) is 4.21. The Morgan fingerprint density at radius 1 is 1.43 bits per heavy atom. The van der Waals surface area contributed by atoms with Crippen LogP contribution >= 0.6 is 0 Å². The SMILES string of the molecule is CN1C(=O)C(C)(F)c2cc(F)ccc21. The van der Waals surface area contributed by atoms with Crippen molar-refractivity contribution < 1.29 is 13.6 Å². The molecule has 1 heterocycles. The van der Waals surface area contributed by atoms with Gasteiger partial charge in [-0.05, 0) is 25.1 Å². The number of hydrogen-bond donors (Lipinski definition) is 0. The van der Waals surface area contributed by atoms with E-state index in [4.69, 9.17) is 0 Å². The summed E-state index contributed by atoms with van der Waals surface area (Å²) in [7, 11) is 1.48. The summed E-state index contributed by atoms with van der Waals surface area (Å²) in [5.74, 6) is -1.19. The second kappa shape index (κ2) is 2.53. The van der Waals surface area contributed by atoms with Gasteiger partial charge in [-0.3, -0.25) is 4.79 Å². The van der Waals surface area contributed by atoms with E-state index in [1.54, 1.807) is 0 Å². The van der Waals surface area contributed by atoms with Gasteiger partial charge in [-0.2, -0.15) is 0 Å². The van der Waals surface area contributed by atoms with Gasteiger partial charge >= 0.3 is 0 Å². The van der Waals surface area contributed by atoms with Gasteiger partial charge in [-0.15, -0.1) is 0 Å². The summed E-state index contributed by atoms with van der Waals surface area (Å²) >= 11 is 0. The van der Waals surface area contributed by atoms with Gasteiger partial charge in [-0.25, -0.2) is 8.78 Å². The molecule has 0 spiro atoms. The number of amides is 1. The topological polar surface area (TPSA) is 20.3 Å². The molecule has 1 atom stereocenters. The Kier molecular flexibility index (Phi) is 1.65. The monoisotopic (exact) mass is 197 g/mol. The fourth-order valence-electron chi connectivity index (χ4n) is 1.72. The molecular weight excluding hydrogens is 188 g/mol. The van der Waals surface area contributed by atoms with E-state index in [1.807, 2.05) is 0 Å². The molecule has 14 heavy (non-hydrogen) atoms. The van der Waals surface area contributed by atoms with Crippen molar-refractivity contribution in [1.82, 2.24) is 0 Å². The van der Waals surface area contributed by atoms with Gasteiger partial charge in [0.25, 0.3) is 5.91 Å². The number of rotatable bonds is 0. The van der Waals surface area contributed by atoms with Crippen molar-refractivity contribution in [2.75, 3.05) is 11.9 Å². The van der Waals surface area contributed by atoms with Crippen LogP contribution in [0.4, 0.5) is 14.5 Å². The Bertz CT molecular complexity index is 415. The van der Waals surface area contributed by atoms with Gasteiger partial charge in [0.05, 0.1) is 5.69 Å². The van der Waals surface area contributed by atoms with E-state index in [0.717, 1.165) is 13.0 Å². The molecule has 2 rings (SSSR count). The van der Waals surface area contributed by atoms with Gasteiger partial charge in [0, 0.05) is 12.6 Å². The normalized spacial score (nSPS) is 25.4. The average Bonchev–Trinajstić information content (AvgIpc) is 2.29. The molecule has 1 aliphatic rings. The number of benzene rings is 1. The van der Waals surface area contributed by atoms with E-state index in [-0.39, 0.29) is 5.56 Å². The van der Waals surface area contributed by atoms with E-state index in [1.165, 1.54) is 24.1 Å². The van der Waals surface area contributed by atoms with Gasteiger partial charge < -0.3 is 4.90 Å². The number of nitrogens with zero attached hydrogens (tertiary/aromatic N) is 1. The minimum Gasteiger partial charge on any atom is -0.312 e. The van der Waals surface area contributed by atoms with Crippen molar-refractivity contribution in [3.8, 4) is 0 Å². The van der Waals surface area contributed by atoms with E-state index in [0.29, 0.717) is 5.69 Å². The smallest absolute Gasteiger partial charge is 0.268 e. The van der Waals surface area contributed by atoms with Gasteiger partial charge in [0.15, 0.2) is 0 Å². The average molecular weight is 197 g/mol. The third-order valence-electron chi connectivity index (χ3n) is 2.53. The lowest BCUT2D eigenvalue weighted by Crippen LogP contribution is -2.32. The third kappa shape index (κ3) is 0.967. The highest BCUT2D eigenvalue weighted by atomic mass is 19.1. The molecule has 0 bridgehead atoms. The lowest BCUT2D eigenvalue weighted by Gasteiger charge is -2.12. The molecule has 0 N–H and O–H groups in total. The molecule has 1 aromatic carbocycles. The first-order valence-electron chi connectivity index (χ1n) is 4.21. The van der Waals surface area contributed by atoms with Crippen molar-refractivity contribution in [1.29, 1.82) is 0 Å². The summed E-state index contributed by atoms with van der Waals surface area (Å²) in [5.41, 5.74) is -1.57. The number of likely N-dealkylation sites (N-methyl/N-ethyl adjacent to an activating group) is 1. The highest BCUT2D eigenvalue weighted by molar-refractivity contribution is 6.06. The summed E-state index contributed by atoms with van der Waals surface area (Å²) in [6.07, 6.45) is 0. The van der Waals surface area contributed by atoms with Crippen LogP contribution in [-0.2, 0) is 10.5 Å². The van der Waals surface area contributed by atoms with Crippen LogP contribution in [0, 0.1) is 5.82 Å². The fourth-order valence-corrected chi connectivity index (χ4v) is 1.72. The number of carbonyl (C=O) groups is 1. The Morgan fingerprint density at radius 2 is 2.07 bits per heavy atom. The van der Waals surface area contributed by atoms with E-state index in [9.17, 15) is 13.6 Å². The molecule has 74 valence electrons. The molecule has 0 fully saturated rings. The van der Waals surface area contributed by atoms with Crippen LogP contribution in [0.1, 0.15) is 12.5 Å². The maximum atomic E-state index is 13.9. The highest BCUT2D eigenvalue weighted by Gasteiger charge is 2.46. The third-order valence-corrected chi connectivity index (χ3v) is 2.53. The molecule has 1 unspecified atom stereocenters. The summed E-state index contributed by atoms with van der Waals surface area (Å²) in [6.45, 7) is 1.15. The highest BCUT2D eigenvalue weighted by Crippen LogP contribution is 2.41. The second-order valence-electron chi connectivity index (χ2n) is 3.53. The largest absolute Gasteiger partial charge is 0.312 e. The quantitative estimate of drug-likeness (QED) is 0.622. The maximum absolute atomic E-state index is 13.9. The molecule has 0 aromatic heterocycles. The lowest BCUT2D eigenvalue weighted by atomic mass is 10.00. The van der Waals surface area contributed by atoms with Gasteiger partial charge in [0.1, 0.15) is 5.82 Å². The van der Waals surface area contributed by atoms with Crippen LogP contribution in [0.15, 0.2) is 18.2 Å². The van der Waals surface area contributed by atoms with Crippen LogP contribution in [0.25, 0.3) is 0 Å². The molecule has 0 saturated heterocycles. The Hall–Kier alpha value is -1.45. The van der Waals surface area contributed by atoms with Crippen molar-refractivity contribution in [2.45, 2.75) is 12.6 Å². The molecule has 1 amide bonds. The molecule has 1 aromatic rings. The Morgan fingerprint density at radius 3 is 2.71 bits per heavy atom. The maximum Gasteiger partial charge on any atom is 0.268 e. The van der Waals surface area contributed by atoms with Crippen molar-refractivity contribution in [2.24, 2.45) is 0 Å². The van der Waals surface area contributed by atoms with Crippen molar-refractivity contribution >= 4 is 11.6 Å². The Balaban J connectivity index is 2.69. The number of hydrogen-bond acceptors (Lipinski definition) is 1. The van der Waals surface area contributed by atoms with Crippen LogP contribution in [0.2, 0.25) is 0 Å². The zero-order valence-electron chi connectivity index (χ0n) is 7.84. The first-order chi connectivity index (χ1) is 6.44. The van der Waals surface area contributed by atoms with Crippen molar-refractivity contribution in [3.63, 3.8) is 0 Å². The molecule has 2 nitrogen and oxygen atoms in total. The van der Waals surface area contributed by atoms with Gasteiger partial charge in [0.2, 0.25) is 5.67 Å². The van der Waals surface area contributed by atoms with E-state index >= 15 is 0 Å². The fraction of sp³-hybridized carbons (Fsp3) is 0.300. The second-order valence-corrected chi connectivity index (χ2v) is 3.53. The number of alkyl halides is 1. The van der Waals surface area contributed by atoms with Crippen molar-refractivity contribution in [3.05, 3.63) is 29.6 Å². The Labute approximate surface area is 80.1 Å². The predicted octanol–water partition coefficient (Wildman–Crippen LogP) is 1.99. The molecule has 0 radical (unpaired) electrons. The molecule has 1 aliphatic heterocycles. The molecule has 0 saturated carbocycles. The number of carbonyl (C=O) groups excluding carboxylic acids is 1. The van der Waals surface area contributed by atoms with Crippen LogP contribution < -0.4 is 4.90 Å². The first kappa shape index (κ1) is 9.12. The number of anilines is 1. The zero-order valence-corrected chi connectivity index (χ0v) is 7.84. The van der Waals surface area contributed by atoms with E-state index < -0.39 is 17.4 Å². The number of fused-ring (bicyclic) bond motifs is 1. The van der Waals surface area contributed by atoms with Crippen LogP contribution in [0.5, 0.6) is 0 Å².